The van der Waals surface area contributed by atoms with Crippen molar-refractivity contribution in [2.75, 3.05) is 20.3 Å². The molecule has 3 rings (SSSR count). The Kier molecular flexibility index (Phi) is 6.27. The van der Waals surface area contributed by atoms with Gasteiger partial charge in [-0.15, -0.1) is 11.3 Å². The van der Waals surface area contributed by atoms with Gasteiger partial charge in [0.05, 0.1) is 19.2 Å². The molecule has 0 aliphatic rings. The Bertz CT molecular complexity index is 909. The maximum atomic E-state index is 10.8. The van der Waals surface area contributed by atoms with E-state index in [0.717, 1.165) is 22.1 Å². The molecule has 0 spiro atoms. The molecule has 0 atom stereocenters. The van der Waals surface area contributed by atoms with Gasteiger partial charge in [-0.1, -0.05) is 18.2 Å². The number of ether oxygens (including phenoxy) is 3. The topological polar surface area (TPSA) is 77.9 Å². The van der Waals surface area contributed by atoms with Crippen molar-refractivity contribution < 1.29 is 24.1 Å². The second-order valence-corrected chi connectivity index (χ2v) is 6.48. The van der Waals surface area contributed by atoms with E-state index in [-0.39, 0.29) is 6.42 Å². The minimum atomic E-state index is -0.889. The van der Waals surface area contributed by atoms with Gasteiger partial charge in [0, 0.05) is 17.0 Å². The van der Waals surface area contributed by atoms with Gasteiger partial charge in [0.25, 0.3) is 0 Å². The van der Waals surface area contributed by atoms with Crippen molar-refractivity contribution in [3.63, 3.8) is 0 Å². The van der Waals surface area contributed by atoms with Gasteiger partial charge in [0.15, 0.2) is 0 Å². The number of benzene rings is 2. The van der Waals surface area contributed by atoms with Crippen molar-refractivity contribution >= 4 is 17.3 Å². The Hall–Kier alpha value is -3.06. The summed E-state index contributed by atoms with van der Waals surface area (Å²) in [5.41, 5.74) is 1.45. The number of rotatable bonds is 9. The molecule has 27 heavy (non-hydrogen) atoms. The summed E-state index contributed by atoms with van der Waals surface area (Å²) in [6.07, 6.45) is -0.0751. The molecule has 1 N–H and O–H groups in total. The fraction of sp³-hybridized carbons (Fsp3) is 0.200. The molecule has 140 valence electrons. The van der Waals surface area contributed by atoms with Crippen molar-refractivity contribution in [2.24, 2.45) is 0 Å². The second kappa shape index (κ2) is 9.05. The van der Waals surface area contributed by atoms with Gasteiger partial charge in [-0.2, -0.15) is 0 Å². The van der Waals surface area contributed by atoms with Gasteiger partial charge in [0.2, 0.25) is 0 Å². The monoisotopic (exact) mass is 385 g/mol. The number of hydrogen-bond acceptors (Lipinski definition) is 6. The molecule has 1 heterocycles. The lowest BCUT2D eigenvalue weighted by molar-refractivity contribution is -0.136. The Morgan fingerprint density at radius 3 is 2.41 bits per heavy atom. The van der Waals surface area contributed by atoms with Crippen molar-refractivity contribution in [3.05, 3.63) is 59.6 Å². The number of nitrogens with zero attached hydrogens (tertiary/aromatic N) is 1. The molecule has 0 bridgehead atoms. The van der Waals surface area contributed by atoms with Crippen LogP contribution < -0.4 is 14.2 Å². The number of hydrogen-bond donors (Lipinski definition) is 1. The van der Waals surface area contributed by atoms with Crippen molar-refractivity contribution in [2.45, 2.75) is 6.42 Å². The van der Waals surface area contributed by atoms with E-state index >= 15 is 0 Å². The highest BCUT2D eigenvalue weighted by atomic mass is 32.1. The molecular formula is C20H19NO5S. The minimum absolute atomic E-state index is 0.0751. The minimum Gasteiger partial charge on any atom is -0.497 e. The molecule has 1 aromatic heterocycles. The summed E-state index contributed by atoms with van der Waals surface area (Å²) in [6.45, 7) is 0.792. The molecule has 0 saturated heterocycles. The predicted octanol–water partition coefficient (Wildman–Crippen LogP) is 3.90. The first kappa shape index (κ1) is 18.7. The lowest BCUT2D eigenvalue weighted by Crippen LogP contribution is -2.09. The van der Waals surface area contributed by atoms with Crippen LogP contribution in [-0.4, -0.2) is 36.4 Å². The van der Waals surface area contributed by atoms with E-state index in [1.54, 1.807) is 12.5 Å². The van der Waals surface area contributed by atoms with Gasteiger partial charge in [-0.3, -0.25) is 4.79 Å². The van der Waals surface area contributed by atoms with Crippen LogP contribution in [0.25, 0.3) is 10.6 Å². The summed E-state index contributed by atoms with van der Waals surface area (Å²) < 4.78 is 16.6. The van der Waals surface area contributed by atoms with Gasteiger partial charge in [-0.25, -0.2) is 4.98 Å². The van der Waals surface area contributed by atoms with Gasteiger partial charge < -0.3 is 19.3 Å². The van der Waals surface area contributed by atoms with Crippen LogP contribution in [0.1, 0.15) is 5.69 Å². The fourth-order valence-electron chi connectivity index (χ4n) is 2.40. The van der Waals surface area contributed by atoms with E-state index < -0.39 is 5.97 Å². The average molecular weight is 385 g/mol. The van der Waals surface area contributed by atoms with Crippen LogP contribution in [0.4, 0.5) is 0 Å². The van der Waals surface area contributed by atoms with Gasteiger partial charge in [-0.05, 0) is 24.3 Å². The fourth-order valence-corrected chi connectivity index (χ4v) is 3.22. The highest BCUT2D eigenvalue weighted by Crippen LogP contribution is 2.27. The van der Waals surface area contributed by atoms with Gasteiger partial charge in [0.1, 0.15) is 35.5 Å². The molecule has 3 aromatic rings. The molecule has 0 fully saturated rings. The van der Waals surface area contributed by atoms with Gasteiger partial charge >= 0.3 is 5.97 Å². The molecule has 0 saturated carbocycles. The molecule has 7 heteroatoms. The quantitative estimate of drug-likeness (QED) is 0.563. The zero-order valence-corrected chi connectivity index (χ0v) is 15.6. The summed E-state index contributed by atoms with van der Waals surface area (Å²) in [5.74, 6) is 1.28. The molecule has 0 radical (unpaired) electrons. The molecule has 0 unspecified atom stereocenters. The first-order valence-corrected chi connectivity index (χ1v) is 9.18. The Morgan fingerprint density at radius 1 is 1.04 bits per heavy atom. The van der Waals surface area contributed by atoms with Crippen LogP contribution >= 0.6 is 11.3 Å². The largest absolute Gasteiger partial charge is 0.497 e. The van der Waals surface area contributed by atoms with Crippen LogP contribution in [0, 0.1) is 0 Å². The first-order valence-electron chi connectivity index (χ1n) is 8.30. The van der Waals surface area contributed by atoms with Crippen molar-refractivity contribution in [3.8, 4) is 27.8 Å². The van der Waals surface area contributed by atoms with Crippen LogP contribution in [0.15, 0.2) is 53.9 Å². The standard InChI is InChI=1S/C20H19NO5S/c1-24-16-5-3-7-18(12-16)26-9-8-25-17-6-2-4-14(10-17)20-21-15(13-27-20)11-19(22)23/h2-7,10,12-13H,8-9,11H2,1H3,(H,22,23). The zero-order valence-electron chi connectivity index (χ0n) is 14.8. The summed E-state index contributed by atoms with van der Waals surface area (Å²) >= 11 is 1.42. The van der Waals surface area contributed by atoms with E-state index in [1.807, 2.05) is 48.5 Å². The lowest BCUT2D eigenvalue weighted by atomic mass is 10.2. The summed E-state index contributed by atoms with van der Waals surface area (Å²) in [7, 11) is 1.61. The third-order valence-corrected chi connectivity index (χ3v) is 4.57. The molecule has 2 aromatic carbocycles. The average Bonchev–Trinajstić information content (AvgIpc) is 3.13. The lowest BCUT2D eigenvalue weighted by Gasteiger charge is -2.10. The van der Waals surface area contributed by atoms with Crippen LogP contribution in [0.5, 0.6) is 17.2 Å². The number of carboxylic acid groups (broad SMARTS) is 1. The maximum absolute atomic E-state index is 10.8. The molecule has 0 aliphatic heterocycles. The van der Waals surface area contributed by atoms with E-state index in [2.05, 4.69) is 4.98 Å². The Balaban J connectivity index is 1.54. The molecular weight excluding hydrogens is 366 g/mol. The second-order valence-electron chi connectivity index (χ2n) is 5.62. The summed E-state index contributed by atoms with van der Waals surface area (Å²) in [4.78, 5) is 15.1. The highest BCUT2D eigenvalue weighted by Gasteiger charge is 2.08. The number of carbonyl (C=O) groups is 1. The normalized spacial score (nSPS) is 10.4. The highest BCUT2D eigenvalue weighted by molar-refractivity contribution is 7.13. The van der Waals surface area contributed by atoms with Crippen LogP contribution in [0.3, 0.4) is 0 Å². The van der Waals surface area contributed by atoms with Crippen molar-refractivity contribution in [1.82, 2.24) is 4.98 Å². The molecule has 0 aliphatic carbocycles. The third kappa shape index (κ3) is 5.46. The van der Waals surface area contributed by atoms with E-state index in [9.17, 15) is 4.79 Å². The number of thiazole rings is 1. The maximum Gasteiger partial charge on any atom is 0.309 e. The molecule has 0 amide bonds. The Morgan fingerprint density at radius 2 is 1.70 bits per heavy atom. The number of aliphatic carboxylic acids is 1. The number of aromatic nitrogens is 1. The van der Waals surface area contributed by atoms with E-state index in [4.69, 9.17) is 19.3 Å². The molecule has 6 nitrogen and oxygen atoms in total. The Labute approximate surface area is 161 Å². The summed E-state index contributed by atoms with van der Waals surface area (Å²) in [6, 6.07) is 14.9. The van der Waals surface area contributed by atoms with Crippen LogP contribution in [-0.2, 0) is 11.2 Å². The smallest absolute Gasteiger partial charge is 0.309 e. The van der Waals surface area contributed by atoms with E-state index in [0.29, 0.717) is 24.7 Å². The zero-order chi connectivity index (χ0) is 19.1. The predicted molar refractivity (Wildman–Crippen MR) is 103 cm³/mol. The number of methoxy groups -OCH3 is 1. The number of carboxylic acids is 1. The third-order valence-electron chi connectivity index (χ3n) is 3.63. The van der Waals surface area contributed by atoms with Crippen molar-refractivity contribution in [1.29, 1.82) is 0 Å². The van der Waals surface area contributed by atoms with Crippen LogP contribution in [0.2, 0.25) is 0 Å². The summed E-state index contributed by atoms with van der Waals surface area (Å²) in [5, 5.41) is 11.4. The van der Waals surface area contributed by atoms with E-state index in [1.165, 1.54) is 11.3 Å². The SMILES string of the molecule is COc1cccc(OCCOc2cccc(-c3nc(CC(=O)O)cs3)c2)c1. The first-order chi connectivity index (χ1) is 13.1.